The number of aliphatic imine (C=N–C) groups is 1. The zero-order chi connectivity index (χ0) is 26.5. The van der Waals surface area contributed by atoms with Crippen LogP contribution in [0.1, 0.15) is 68.5 Å². The van der Waals surface area contributed by atoms with E-state index in [0.717, 1.165) is 51.4 Å². The van der Waals surface area contributed by atoms with Gasteiger partial charge in [0, 0.05) is 28.3 Å². The second-order valence-electron chi connectivity index (χ2n) is 11.2. The molecule has 6 heteroatoms. The van der Waals surface area contributed by atoms with Crippen molar-refractivity contribution < 1.29 is 14.5 Å². The summed E-state index contributed by atoms with van der Waals surface area (Å²) in [6.07, 6.45) is 7.10. The minimum atomic E-state index is -0.990. The van der Waals surface area contributed by atoms with Crippen LogP contribution in [0.4, 0.5) is 5.69 Å². The van der Waals surface area contributed by atoms with E-state index in [1.165, 1.54) is 5.56 Å². The minimum Gasteiger partial charge on any atom is -0.464 e. The van der Waals surface area contributed by atoms with Crippen molar-refractivity contribution in [3.63, 3.8) is 0 Å². The Kier molecular flexibility index (Phi) is 6.05. The molecule has 2 unspecified atom stereocenters. The summed E-state index contributed by atoms with van der Waals surface area (Å²) in [5.74, 6) is 1.04. The molecular formula is C32H32BN2O3. The standard InChI is InChI=1S/C32H32BN2O3/c1-31(2,36)32(3,4)38-33-22-14-10-13-21(19-22)28-24-17-18-26-29(27(24)23-15-8-9-16-25(23)34-28)35-30(37-26)20-11-6-5-7-12-20/h5-14,16-19,23,30,35-36H,15H2,1-4H3. The van der Waals surface area contributed by atoms with E-state index in [1.807, 2.05) is 44.2 Å². The number of hydrogen-bond donors (Lipinski definition) is 2. The molecule has 2 heterocycles. The lowest BCUT2D eigenvalue weighted by Gasteiger charge is -2.37. The van der Waals surface area contributed by atoms with Crippen molar-refractivity contribution in [3.05, 3.63) is 113 Å². The summed E-state index contributed by atoms with van der Waals surface area (Å²) >= 11 is 0. The van der Waals surface area contributed by atoms with E-state index in [0.29, 0.717) is 0 Å². The summed E-state index contributed by atoms with van der Waals surface area (Å²) in [5, 5.41) is 14.1. The quantitative estimate of drug-likeness (QED) is 0.419. The third-order valence-electron chi connectivity index (χ3n) is 7.93. The van der Waals surface area contributed by atoms with Gasteiger partial charge < -0.3 is 19.8 Å². The van der Waals surface area contributed by atoms with Gasteiger partial charge in [-0.2, -0.15) is 0 Å². The maximum Gasteiger partial charge on any atom is 0.330 e. The Morgan fingerprint density at radius 1 is 1.03 bits per heavy atom. The summed E-state index contributed by atoms with van der Waals surface area (Å²) in [6, 6.07) is 22.6. The number of benzene rings is 3. The van der Waals surface area contributed by atoms with Crippen LogP contribution in [0.3, 0.4) is 0 Å². The maximum atomic E-state index is 10.5. The molecule has 3 aromatic rings. The first-order valence-corrected chi connectivity index (χ1v) is 13.2. The van der Waals surface area contributed by atoms with Crippen LogP contribution in [-0.4, -0.2) is 29.5 Å². The third kappa shape index (κ3) is 4.38. The lowest BCUT2D eigenvalue weighted by atomic mass is 9.78. The van der Waals surface area contributed by atoms with Crippen LogP contribution in [0.25, 0.3) is 0 Å². The third-order valence-corrected chi connectivity index (χ3v) is 7.93. The van der Waals surface area contributed by atoms with Crippen molar-refractivity contribution in [1.29, 1.82) is 0 Å². The Morgan fingerprint density at radius 3 is 2.63 bits per heavy atom. The van der Waals surface area contributed by atoms with Gasteiger partial charge in [-0.05, 0) is 57.9 Å². The molecule has 3 aliphatic rings. The highest BCUT2D eigenvalue weighted by atomic mass is 16.5. The molecule has 2 atom stereocenters. The topological polar surface area (TPSA) is 63.1 Å². The van der Waals surface area contributed by atoms with Gasteiger partial charge in [0.1, 0.15) is 5.75 Å². The molecule has 6 rings (SSSR count). The largest absolute Gasteiger partial charge is 0.464 e. The Balaban J connectivity index is 1.37. The van der Waals surface area contributed by atoms with E-state index in [9.17, 15) is 5.11 Å². The Bertz CT molecular complexity index is 1470. The van der Waals surface area contributed by atoms with Gasteiger partial charge in [-0.3, -0.25) is 4.99 Å². The number of hydrogen-bond acceptors (Lipinski definition) is 5. The molecule has 3 aromatic carbocycles. The van der Waals surface area contributed by atoms with E-state index in [4.69, 9.17) is 14.4 Å². The highest BCUT2D eigenvalue weighted by molar-refractivity contribution is 6.47. The molecule has 2 aliphatic heterocycles. The fraction of sp³-hybridized carbons (Fsp3) is 0.281. The molecule has 0 aromatic heterocycles. The average molecular weight is 503 g/mol. The first-order chi connectivity index (χ1) is 18.2. The van der Waals surface area contributed by atoms with Crippen LogP contribution >= 0.6 is 0 Å². The monoisotopic (exact) mass is 503 g/mol. The average Bonchev–Trinajstić information content (AvgIpc) is 3.36. The molecule has 0 saturated heterocycles. The van der Waals surface area contributed by atoms with Gasteiger partial charge >= 0.3 is 7.48 Å². The lowest BCUT2D eigenvalue weighted by molar-refractivity contribution is -0.0893. The zero-order valence-electron chi connectivity index (χ0n) is 22.2. The lowest BCUT2D eigenvalue weighted by Crippen LogP contribution is -2.49. The predicted molar refractivity (Wildman–Crippen MR) is 153 cm³/mol. The van der Waals surface area contributed by atoms with Crippen molar-refractivity contribution in [2.45, 2.75) is 57.5 Å². The number of nitrogens with zero attached hydrogens (tertiary/aromatic N) is 1. The molecule has 0 bridgehead atoms. The van der Waals surface area contributed by atoms with Crippen molar-refractivity contribution in [2.75, 3.05) is 5.32 Å². The highest BCUT2D eigenvalue weighted by Gasteiger charge is 2.37. The van der Waals surface area contributed by atoms with Gasteiger partial charge in [-0.1, -0.05) is 72.2 Å². The van der Waals surface area contributed by atoms with E-state index >= 15 is 0 Å². The number of ether oxygens (including phenoxy) is 1. The summed E-state index contributed by atoms with van der Waals surface area (Å²) < 4.78 is 12.4. The van der Waals surface area contributed by atoms with E-state index in [2.05, 4.69) is 59.9 Å². The molecule has 1 aliphatic carbocycles. The number of fused-ring (bicyclic) bond motifs is 5. The van der Waals surface area contributed by atoms with E-state index < -0.39 is 11.2 Å². The second-order valence-corrected chi connectivity index (χ2v) is 11.2. The molecular weight excluding hydrogens is 471 g/mol. The fourth-order valence-electron chi connectivity index (χ4n) is 5.01. The molecule has 1 radical (unpaired) electrons. The van der Waals surface area contributed by atoms with Crippen molar-refractivity contribution in [1.82, 2.24) is 0 Å². The smallest absolute Gasteiger partial charge is 0.330 e. The van der Waals surface area contributed by atoms with E-state index in [1.54, 1.807) is 21.3 Å². The molecule has 5 nitrogen and oxygen atoms in total. The minimum absolute atomic E-state index is 0.171. The van der Waals surface area contributed by atoms with Crippen molar-refractivity contribution in [3.8, 4) is 5.75 Å². The van der Waals surface area contributed by atoms with Gasteiger partial charge in [0.2, 0.25) is 0 Å². The van der Waals surface area contributed by atoms with Gasteiger partial charge in [-0.15, -0.1) is 0 Å². The van der Waals surface area contributed by atoms with Crippen LogP contribution in [0, 0.1) is 0 Å². The summed E-state index contributed by atoms with van der Waals surface area (Å²) in [5.41, 5.74) is 6.67. The molecule has 0 spiro atoms. The Labute approximate surface area is 225 Å². The summed E-state index contributed by atoms with van der Waals surface area (Å²) in [6.45, 7) is 7.28. The molecule has 0 fully saturated rings. The Hall–Kier alpha value is -3.61. The van der Waals surface area contributed by atoms with Crippen LogP contribution < -0.4 is 15.5 Å². The van der Waals surface area contributed by atoms with Crippen LogP contribution in [-0.2, 0) is 4.65 Å². The SMILES string of the molecule is CC(C)(O)C(C)(C)O[B]c1cccc(C2=NC3=CC=CCC3c3c2ccc2c3NC(c3ccccc3)O2)c1. The van der Waals surface area contributed by atoms with Crippen molar-refractivity contribution in [2.24, 2.45) is 4.99 Å². The normalized spacial score (nSPS) is 19.8. The van der Waals surface area contributed by atoms with Crippen LogP contribution in [0.2, 0.25) is 0 Å². The number of nitrogens with one attached hydrogen (secondary N) is 1. The predicted octanol–water partition coefficient (Wildman–Crippen LogP) is 5.78. The molecule has 0 saturated carbocycles. The highest BCUT2D eigenvalue weighted by Crippen LogP contribution is 2.50. The van der Waals surface area contributed by atoms with E-state index in [-0.39, 0.29) is 12.1 Å². The zero-order valence-corrected chi connectivity index (χ0v) is 22.2. The van der Waals surface area contributed by atoms with Gasteiger partial charge in [0.05, 0.1) is 22.6 Å². The maximum absolute atomic E-state index is 10.5. The van der Waals surface area contributed by atoms with Gasteiger partial charge in [-0.25, -0.2) is 0 Å². The Morgan fingerprint density at radius 2 is 1.84 bits per heavy atom. The molecule has 2 N–H and O–H groups in total. The number of allylic oxidation sites excluding steroid dienone is 4. The van der Waals surface area contributed by atoms with Crippen molar-refractivity contribution >= 4 is 24.3 Å². The molecule has 0 amide bonds. The summed E-state index contributed by atoms with van der Waals surface area (Å²) in [4.78, 5) is 5.17. The summed E-state index contributed by atoms with van der Waals surface area (Å²) in [7, 11) is 1.72. The first-order valence-electron chi connectivity index (χ1n) is 13.2. The van der Waals surface area contributed by atoms with Crippen LogP contribution in [0.15, 0.2) is 95.6 Å². The van der Waals surface area contributed by atoms with Gasteiger partial charge in [0.15, 0.2) is 6.23 Å². The fourth-order valence-corrected chi connectivity index (χ4v) is 5.01. The number of rotatable bonds is 6. The van der Waals surface area contributed by atoms with Gasteiger partial charge in [0.25, 0.3) is 0 Å². The number of anilines is 1. The molecule has 38 heavy (non-hydrogen) atoms. The molecule has 191 valence electrons. The van der Waals surface area contributed by atoms with Crippen LogP contribution in [0.5, 0.6) is 5.75 Å². The second kappa shape index (κ2) is 9.30. The first kappa shape index (κ1) is 24.7. The number of aliphatic hydroxyl groups is 1.